The molecule has 3 N–H and O–H groups in total. The SMILES string of the molecule is C[C@H]1[C@@H](CSc2nc3ccccc3s2)O[C@@H](c2ccc(-c3cccc(CN)c3)cc2)O[C@H]1c1ccc(CO)cc1. The first-order chi connectivity index (χ1) is 19.6. The molecule has 1 aromatic heterocycles. The highest BCUT2D eigenvalue weighted by Crippen LogP contribution is 2.43. The van der Waals surface area contributed by atoms with Gasteiger partial charge in [0.15, 0.2) is 10.6 Å². The maximum atomic E-state index is 9.52. The molecule has 7 heteroatoms. The lowest BCUT2D eigenvalue weighted by atomic mass is 9.91. The molecule has 0 aliphatic carbocycles. The van der Waals surface area contributed by atoms with Crippen LogP contribution in [0.4, 0.5) is 0 Å². The van der Waals surface area contributed by atoms with Crippen molar-refractivity contribution in [3.8, 4) is 11.1 Å². The third kappa shape index (κ3) is 5.86. The number of thioether (sulfide) groups is 1. The Morgan fingerprint density at radius 3 is 2.38 bits per heavy atom. The number of thiazole rings is 1. The number of nitrogens with zero attached hydrogens (tertiary/aromatic N) is 1. The zero-order chi connectivity index (χ0) is 27.5. The normalized spacial score (nSPS) is 21.1. The Morgan fingerprint density at radius 1 is 0.850 bits per heavy atom. The van der Waals surface area contributed by atoms with Gasteiger partial charge in [-0.25, -0.2) is 4.98 Å². The lowest BCUT2D eigenvalue weighted by Gasteiger charge is -2.41. The van der Waals surface area contributed by atoms with Gasteiger partial charge in [-0.1, -0.05) is 97.5 Å². The summed E-state index contributed by atoms with van der Waals surface area (Å²) in [5.74, 6) is 0.895. The summed E-state index contributed by atoms with van der Waals surface area (Å²) in [6, 6.07) is 33.0. The highest BCUT2D eigenvalue weighted by molar-refractivity contribution is 8.01. The molecule has 1 saturated heterocycles. The summed E-state index contributed by atoms with van der Waals surface area (Å²) < 4.78 is 15.5. The first-order valence-corrected chi connectivity index (χ1v) is 15.3. The van der Waals surface area contributed by atoms with Crippen LogP contribution in [-0.2, 0) is 22.6 Å². The van der Waals surface area contributed by atoms with E-state index in [1.807, 2.05) is 30.3 Å². The highest BCUT2D eigenvalue weighted by atomic mass is 32.2. The summed E-state index contributed by atoms with van der Waals surface area (Å²) in [4.78, 5) is 4.81. The maximum Gasteiger partial charge on any atom is 0.184 e. The molecule has 5 aromatic rings. The zero-order valence-corrected chi connectivity index (χ0v) is 23.9. The fourth-order valence-corrected chi connectivity index (χ4v) is 7.34. The smallest absolute Gasteiger partial charge is 0.184 e. The number of aromatic nitrogens is 1. The average Bonchev–Trinajstić information content (AvgIpc) is 3.44. The van der Waals surface area contributed by atoms with Gasteiger partial charge in [0.2, 0.25) is 0 Å². The Morgan fingerprint density at radius 2 is 1.62 bits per heavy atom. The molecule has 1 aliphatic heterocycles. The molecule has 204 valence electrons. The van der Waals surface area contributed by atoms with Gasteiger partial charge in [-0.2, -0.15) is 0 Å². The van der Waals surface area contributed by atoms with E-state index in [-0.39, 0.29) is 24.7 Å². The highest BCUT2D eigenvalue weighted by Gasteiger charge is 2.38. The summed E-state index contributed by atoms with van der Waals surface area (Å²) in [6.45, 7) is 2.73. The van der Waals surface area contributed by atoms with Crippen molar-refractivity contribution >= 4 is 33.3 Å². The molecule has 0 bridgehead atoms. The van der Waals surface area contributed by atoms with Crippen molar-refractivity contribution in [1.82, 2.24) is 4.98 Å². The van der Waals surface area contributed by atoms with Crippen molar-refractivity contribution in [3.63, 3.8) is 0 Å². The molecule has 0 amide bonds. The van der Waals surface area contributed by atoms with Crippen molar-refractivity contribution in [3.05, 3.63) is 119 Å². The molecule has 1 aliphatic rings. The first kappa shape index (κ1) is 27.1. The summed E-state index contributed by atoms with van der Waals surface area (Å²) in [5, 5.41) is 9.52. The molecule has 5 nitrogen and oxygen atoms in total. The molecule has 0 saturated carbocycles. The van der Waals surface area contributed by atoms with Gasteiger partial charge in [0, 0.05) is 23.8 Å². The van der Waals surface area contributed by atoms with Crippen LogP contribution in [0.25, 0.3) is 21.3 Å². The van der Waals surface area contributed by atoms with Gasteiger partial charge in [-0.05, 0) is 46.0 Å². The molecule has 6 rings (SSSR count). The van der Waals surface area contributed by atoms with Crippen LogP contribution in [0, 0.1) is 5.92 Å². The predicted molar refractivity (Wildman–Crippen MR) is 163 cm³/mol. The Bertz CT molecular complexity index is 1540. The second kappa shape index (κ2) is 12.2. The largest absolute Gasteiger partial charge is 0.392 e. The summed E-state index contributed by atoms with van der Waals surface area (Å²) in [6.07, 6.45) is -0.684. The number of hydrogen-bond donors (Lipinski definition) is 2. The summed E-state index contributed by atoms with van der Waals surface area (Å²) >= 11 is 3.46. The molecular weight excluding hydrogens is 537 g/mol. The molecule has 2 heterocycles. The minimum absolute atomic E-state index is 0.0229. The molecule has 40 heavy (non-hydrogen) atoms. The molecular formula is C33H32N2O3S2. The average molecular weight is 569 g/mol. The van der Waals surface area contributed by atoms with Gasteiger partial charge in [-0.15, -0.1) is 11.3 Å². The number of benzene rings is 4. The van der Waals surface area contributed by atoms with E-state index in [9.17, 15) is 5.11 Å². The number of ether oxygens (including phenoxy) is 2. The zero-order valence-electron chi connectivity index (χ0n) is 22.3. The number of hydrogen-bond acceptors (Lipinski definition) is 7. The van der Waals surface area contributed by atoms with Gasteiger partial charge in [-0.3, -0.25) is 0 Å². The second-order valence-corrected chi connectivity index (χ2v) is 12.4. The van der Waals surface area contributed by atoms with Crippen LogP contribution in [0.3, 0.4) is 0 Å². The minimum Gasteiger partial charge on any atom is -0.392 e. The Hall–Kier alpha value is -3.04. The van der Waals surface area contributed by atoms with E-state index in [1.54, 1.807) is 23.1 Å². The summed E-state index contributed by atoms with van der Waals surface area (Å²) in [7, 11) is 0. The topological polar surface area (TPSA) is 77.6 Å². The number of rotatable bonds is 8. The van der Waals surface area contributed by atoms with Crippen molar-refractivity contribution in [2.75, 3.05) is 5.75 Å². The van der Waals surface area contributed by atoms with E-state index in [1.165, 1.54) is 4.70 Å². The summed E-state index contributed by atoms with van der Waals surface area (Å²) in [5.41, 5.74) is 13.2. The van der Waals surface area contributed by atoms with Gasteiger partial charge in [0.1, 0.15) is 0 Å². The number of nitrogens with two attached hydrogens (primary N) is 1. The lowest BCUT2D eigenvalue weighted by Crippen LogP contribution is -2.38. The second-order valence-electron chi connectivity index (χ2n) is 10.1. The maximum absolute atomic E-state index is 9.52. The first-order valence-electron chi connectivity index (χ1n) is 13.5. The third-order valence-electron chi connectivity index (χ3n) is 7.45. The predicted octanol–water partition coefficient (Wildman–Crippen LogP) is 7.50. The van der Waals surface area contributed by atoms with E-state index >= 15 is 0 Å². The standard InChI is InChI=1S/C33H32N2O3S2/c1-21-29(20-39-33-35-28-7-2-3-8-30(28)40-33)37-32(38-31(21)25-11-9-22(19-36)10-12-25)26-15-13-24(14-16-26)27-6-4-5-23(17-27)18-34/h2-17,21,29,31-32,36H,18-20,34H2,1H3/t21-,29+,31+,32+/m0/s1. The van der Waals surface area contributed by atoms with Gasteiger partial charge in [0.25, 0.3) is 0 Å². The fraction of sp³-hybridized carbons (Fsp3) is 0.242. The van der Waals surface area contributed by atoms with Crippen LogP contribution in [0.1, 0.15) is 41.6 Å². The molecule has 0 unspecified atom stereocenters. The monoisotopic (exact) mass is 568 g/mol. The molecule has 0 radical (unpaired) electrons. The molecule has 4 atom stereocenters. The molecule has 1 fully saturated rings. The van der Waals surface area contributed by atoms with Crippen molar-refractivity contribution in [2.45, 2.75) is 42.9 Å². The van der Waals surface area contributed by atoms with Crippen molar-refractivity contribution in [1.29, 1.82) is 0 Å². The minimum atomic E-state index is -0.496. The molecule has 0 spiro atoms. The Balaban J connectivity index is 1.25. The quantitative estimate of drug-likeness (QED) is 0.189. The number of aliphatic hydroxyl groups excluding tert-OH is 1. The Kier molecular flexibility index (Phi) is 8.30. The van der Waals surface area contributed by atoms with E-state index in [0.29, 0.717) is 6.54 Å². The molecule has 4 aromatic carbocycles. The van der Waals surface area contributed by atoms with Crippen LogP contribution >= 0.6 is 23.1 Å². The number of para-hydroxylation sites is 1. The van der Waals surface area contributed by atoms with E-state index in [4.69, 9.17) is 20.2 Å². The van der Waals surface area contributed by atoms with E-state index in [0.717, 1.165) is 49.0 Å². The van der Waals surface area contributed by atoms with Gasteiger partial charge in [0.05, 0.1) is 29.0 Å². The van der Waals surface area contributed by atoms with Crippen LogP contribution in [0.2, 0.25) is 0 Å². The van der Waals surface area contributed by atoms with Crippen molar-refractivity contribution < 1.29 is 14.6 Å². The van der Waals surface area contributed by atoms with E-state index in [2.05, 4.69) is 73.7 Å². The lowest BCUT2D eigenvalue weighted by molar-refractivity contribution is -0.268. The number of fused-ring (bicyclic) bond motifs is 1. The van der Waals surface area contributed by atoms with Crippen LogP contribution in [0.15, 0.2) is 101 Å². The van der Waals surface area contributed by atoms with Gasteiger partial charge >= 0.3 is 0 Å². The van der Waals surface area contributed by atoms with Crippen molar-refractivity contribution in [2.24, 2.45) is 11.7 Å². The van der Waals surface area contributed by atoms with Gasteiger partial charge < -0.3 is 20.3 Å². The van der Waals surface area contributed by atoms with Crippen LogP contribution in [0.5, 0.6) is 0 Å². The van der Waals surface area contributed by atoms with Crippen LogP contribution in [-0.4, -0.2) is 21.9 Å². The fourth-order valence-electron chi connectivity index (χ4n) is 5.09. The van der Waals surface area contributed by atoms with E-state index < -0.39 is 6.29 Å². The number of aliphatic hydroxyl groups is 1. The third-order valence-corrected chi connectivity index (χ3v) is 9.72. The van der Waals surface area contributed by atoms with Crippen LogP contribution < -0.4 is 5.73 Å². The Labute approximate surface area is 243 Å².